The number of hydrogen-bond donors (Lipinski definition) is 0. The van der Waals surface area contributed by atoms with E-state index in [0.717, 1.165) is 32.3 Å². The predicted molar refractivity (Wildman–Crippen MR) is 165 cm³/mol. The van der Waals surface area contributed by atoms with Gasteiger partial charge in [0.05, 0.1) is 72.7 Å². The van der Waals surface area contributed by atoms with E-state index in [1.807, 2.05) is 0 Å². The van der Waals surface area contributed by atoms with Crippen LogP contribution in [0.15, 0.2) is 0 Å². The van der Waals surface area contributed by atoms with Crippen molar-refractivity contribution in [1.29, 1.82) is 0 Å². The van der Waals surface area contributed by atoms with Gasteiger partial charge in [0.15, 0.2) is 6.29 Å². The van der Waals surface area contributed by atoms with E-state index in [4.69, 9.17) is 37.9 Å². The van der Waals surface area contributed by atoms with E-state index in [2.05, 4.69) is 6.92 Å². The zero-order valence-corrected chi connectivity index (χ0v) is 27.0. The Morgan fingerprint density at radius 3 is 1.43 bits per heavy atom. The summed E-state index contributed by atoms with van der Waals surface area (Å²) in [5.41, 5.74) is 0. The molecule has 9 nitrogen and oxygen atoms in total. The number of carbonyl (C=O) groups is 1. The fourth-order valence-electron chi connectivity index (χ4n) is 4.64. The molecule has 1 heterocycles. The molecule has 0 saturated carbocycles. The van der Waals surface area contributed by atoms with Gasteiger partial charge in [0.2, 0.25) is 0 Å². The first-order valence-electron chi connectivity index (χ1n) is 17.1. The lowest BCUT2D eigenvalue weighted by Gasteiger charge is -2.22. The third kappa shape index (κ3) is 29.3. The van der Waals surface area contributed by atoms with E-state index < -0.39 is 0 Å². The van der Waals surface area contributed by atoms with Crippen molar-refractivity contribution in [2.75, 3.05) is 85.9 Å². The van der Waals surface area contributed by atoms with Gasteiger partial charge in [-0.3, -0.25) is 4.79 Å². The summed E-state index contributed by atoms with van der Waals surface area (Å²) >= 11 is 0. The fourth-order valence-corrected chi connectivity index (χ4v) is 4.64. The topological polar surface area (TPSA) is 90.9 Å². The van der Waals surface area contributed by atoms with Crippen LogP contribution in [0.2, 0.25) is 0 Å². The summed E-state index contributed by atoms with van der Waals surface area (Å²) in [7, 11) is 0. The van der Waals surface area contributed by atoms with Gasteiger partial charge in [0.1, 0.15) is 6.61 Å². The van der Waals surface area contributed by atoms with Gasteiger partial charge in [-0.1, -0.05) is 84.0 Å². The Kier molecular flexibility index (Phi) is 30.9. The first-order chi connectivity index (χ1) is 20.8. The predicted octanol–water partition coefficient (Wildman–Crippen LogP) is 6.64. The maximum atomic E-state index is 11.8. The highest BCUT2D eigenvalue weighted by molar-refractivity contribution is 5.69. The Balaban J connectivity index is 1.66. The zero-order valence-electron chi connectivity index (χ0n) is 27.0. The lowest BCUT2D eigenvalue weighted by atomic mass is 10.0. The maximum absolute atomic E-state index is 11.8. The van der Waals surface area contributed by atoms with E-state index in [1.165, 1.54) is 77.0 Å². The molecule has 0 radical (unpaired) electrons. The summed E-state index contributed by atoms with van der Waals surface area (Å²) in [4.78, 5) is 11.8. The standard InChI is InChI=1S/C33H64O9/c1-2-3-4-5-6-7-8-9-10-11-12-13-14-17-32(34)40-30-28-38-26-24-36-22-20-35-21-23-37-25-27-39-29-31-42-33-18-15-16-19-41-33/h33H,2-31H2,1H3. The van der Waals surface area contributed by atoms with E-state index >= 15 is 0 Å². The fraction of sp³-hybridized carbons (Fsp3) is 0.970. The van der Waals surface area contributed by atoms with Crippen LogP contribution in [-0.2, 0) is 42.7 Å². The molecule has 1 saturated heterocycles. The van der Waals surface area contributed by atoms with Gasteiger partial charge < -0.3 is 37.9 Å². The third-order valence-corrected chi connectivity index (χ3v) is 7.13. The smallest absolute Gasteiger partial charge is 0.305 e. The third-order valence-electron chi connectivity index (χ3n) is 7.13. The Labute approximate surface area is 256 Å². The molecular formula is C33H64O9. The highest BCUT2D eigenvalue weighted by atomic mass is 16.7. The van der Waals surface area contributed by atoms with Crippen molar-refractivity contribution in [2.24, 2.45) is 0 Å². The number of esters is 1. The molecule has 0 aromatic heterocycles. The summed E-state index contributed by atoms with van der Waals surface area (Å²) < 4.78 is 43.7. The first-order valence-corrected chi connectivity index (χ1v) is 17.1. The average Bonchev–Trinajstić information content (AvgIpc) is 3.01. The molecule has 1 aliphatic heterocycles. The largest absolute Gasteiger partial charge is 0.463 e. The molecule has 1 aliphatic rings. The minimum Gasteiger partial charge on any atom is -0.463 e. The molecule has 1 rings (SSSR count). The molecule has 250 valence electrons. The van der Waals surface area contributed by atoms with Crippen molar-refractivity contribution in [2.45, 2.75) is 122 Å². The second-order valence-corrected chi connectivity index (χ2v) is 10.9. The van der Waals surface area contributed by atoms with Crippen LogP contribution in [0.1, 0.15) is 116 Å². The van der Waals surface area contributed by atoms with Crippen LogP contribution in [0.5, 0.6) is 0 Å². The summed E-state index contributed by atoms with van der Waals surface area (Å²) in [5.74, 6) is -0.124. The molecule has 0 bridgehead atoms. The van der Waals surface area contributed by atoms with Gasteiger partial charge in [-0.05, 0) is 25.7 Å². The summed E-state index contributed by atoms with van der Waals surface area (Å²) in [5, 5.41) is 0. The van der Waals surface area contributed by atoms with Crippen LogP contribution in [0, 0.1) is 0 Å². The number of hydrogen-bond acceptors (Lipinski definition) is 9. The second kappa shape index (κ2) is 33.1. The molecule has 0 N–H and O–H groups in total. The minimum absolute atomic E-state index is 0.0628. The van der Waals surface area contributed by atoms with E-state index in [-0.39, 0.29) is 12.3 Å². The molecule has 1 fully saturated rings. The van der Waals surface area contributed by atoms with Crippen LogP contribution >= 0.6 is 0 Å². The van der Waals surface area contributed by atoms with E-state index in [0.29, 0.717) is 85.7 Å². The molecule has 0 spiro atoms. The SMILES string of the molecule is CCCCCCCCCCCCCCCC(=O)OCCOCCOCCOCCOCCOCCOC1CCCCO1. The molecule has 0 aromatic rings. The Hall–Kier alpha value is -0.810. The first kappa shape index (κ1) is 39.2. The average molecular weight is 605 g/mol. The summed E-state index contributed by atoms with van der Waals surface area (Å²) in [6.45, 7) is 8.94. The zero-order chi connectivity index (χ0) is 30.0. The minimum atomic E-state index is -0.124. The van der Waals surface area contributed by atoms with Gasteiger partial charge in [-0.2, -0.15) is 0 Å². The van der Waals surface area contributed by atoms with Crippen molar-refractivity contribution >= 4 is 5.97 Å². The molecular weight excluding hydrogens is 540 g/mol. The van der Waals surface area contributed by atoms with Crippen LogP contribution < -0.4 is 0 Å². The Morgan fingerprint density at radius 1 is 0.548 bits per heavy atom. The monoisotopic (exact) mass is 604 g/mol. The molecule has 0 aliphatic carbocycles. The molecule has 42 heavy (non-hydrogen) atoms. The number of ether oxygens (including phenoxy) is 8. The normalized spacial score (nSPS) is 15.3. The second-order valence-electron chi connectivity index (χ2n) is 10.9. The highest BCUT2D eigenvalue weighted by Crippen LogP contribution is 2.14. The van der Waals surface area contributed by atoms with Crippen molar-refractivity contribution in [3.05, 3.63) is 0 Å². The van der Waals surface area contributed by atoms with Gasteiger partial charge in [0.25, 0.3) is 0 Å². The van der Waals surface area contributed by atoms with Crippen LogP contribution in [0.3, 0.4) is 0 Å². The quantitative estimate of drug-likeness (QED) is 0.0604. The van der Waals surface area contributed by atoms with Gasteiger partial charge in [-0.25, -0.2) is 0 Å². The maximum Gasteiger partial charge on any atom is 0.305 e. The summed E-state index contributed by atoms with van der Waals surface area (Å²) in [6, 6.07) is 0. The number of unbranched alkanes of at least 4 members (excludes halogenated alkanes) is 12. The number of carbonyl (C=O) groups excluding carboxylic acids is 1. The highest BCUT2D eigenvalue weighted by Gasteiger charge is 2.13. The molecule has 1 atom stereocenters. The van der Waals surface area contributed by atoms with E-state index in [1.54, 1.807) is 0 Å². The van der Waals surface area contributed by atoms with Crippen LogP contribution in [-0.4, -0.2) is 98.1 Å². The summed E-state index contributed by atoms with van der Waals surface area (Å²) in [6.07, 6.45) is 20.6. The van der Waals surface area contributed by atoms with Crippen molar-refractivity contribution in [3.8, 4) is 0 Å². The number of rotatable bonds is 33. The molecule has 0 aromatic carbocycles. The lowest BCUT2D eigenvalue weighted by Crippen LogP contribution is -2.24. The lowest BCUT2D eigenvalue weighted by molar-refractivity contribution is -0.169. The van der Waals surface area contributed by atoms with Crippen molar-refractivity contribution in [1.82, 2.24) is 0 Å². The van der Waals surface area contributed by atoms with Crippen molar-refractivity contribution < 1.29 is 42.7 Å². The van der Waals surface area contributed by atoms with Crippen LogP contribution in [0.4, 0.5) is 0 Å². The molecule has 0 amide bonds. The van der Waals surface area contributed by atoms with E-state index in [9.17, 15) is 4.79 Å². The van der Waals surface area contributed by atoms with Gasteiger partial charge in [0, 0.05) is 13.0 Å². The van der Waals surface area contributed by atoms with Crippen molar-refractivity contribution in [3.63, 3.8) is 0 Å². The Morgan fingerprint density at radius 2 is 0.976 bits per heavy atom. The Bertz CT molecular complexity index is 544. The van der Waals surface area contributed by atoms with Gasteiger partial charge >= 0.3 is 5.97 Å². The molecule has 9 heteroatoms. The molecule has 1 unspecified atom stereocenters. The van der Waals surface area contributed by atoms with Crippen LogP contribution in [0.25, 0.3) is 0 Å². The van der Waals surface area contributed by atoms with Gasteiger partial charge in [-0.15, -0.1) is 0 Å².